The number of hydrogen-bond donors (Lipinski definition) is 1. The Bertz CT molecular complexity index is 366. The standard InChI is InChI=1S/C10H13ClN2O2/c1-7(12)2-3-8-6-9(11)4-5-10(8)13(14)15/h4-7H,2-3,12H2,1H3/t7-/m0/s1. The molecule has 0 bridgehead atoms. The first-order valence-corrected chi connectivity index (χ1v) is 5.07. The molecule has 0 fully saturated rings. The Labute approximate surface area is 93.2 Å². The van der Waals surface area contributed by atoms with Crippen molar-refractivity contribution in [3.8, 4) is 0 Å². The molecular formula is C10H13ClN2O2. The lowest BCUT2D eigenvalue weighted by atomic mass is 10.0. The Morgan fingerprint density at radius 1 is 1.60 bits per heavy atom. The molecule has 0 saturated carbocycles. The Morgan fingerprint density at radius 2 is 2.27 bits per heavy atom. The number of nitrogens with two attached hydrogens (primary N) is 1. The van der Waals surface area contributed by atoms with Crippen LogP contribution < -0.4 is 5.73 Å². The summed E-state index contributed by atoms with van der Waals surface area (Å²) in [6, 6.07) is 4.61. The maximum absolute atomic E-state index is 10.7. The second-order valence-corrected chi connectivity index (χ2v) is 3.98. The van der Waals surface area contributed by atoms with Crippen LogP contribution in [-0.2, 0) is 6.42 Å². The Kier molecular flexibility index (Phi) is 4.05. The predicted octanol–water partition coefficient (Wildman–Crippen LogP) is 2.53. The summed E-state index contributed by atoms with van der Waals surface area (Å²) in [6.07, 6.45) is 1.29. The van der Waals surface area contributed by atoms with Gasteiger partial charge in [0.15, 0.2) is 0 Å². The predicted molar refractivity (Wildman–Crippen MR) is 60.1 cm³/mol. The minimum absolute atomic E-state index is 0.0311. The molecule has 4 nitrogen and oxygen atoms in total. The van der Waals surface area contributed by atoms with Gasteiger partial charge in [0.05, 0.1) is 4.92 Å². The van der Waals surface area contributed by atoms with Crippen molar-refractivity contribution in [2.75, 3.05) is 0 Å². The number of aryl methyl sites for hydroxylation is 1. The number of nitro groups is 1. The number of rotatable bonds is 4. The fraction of sp³-hybridized carbons (Fsp3) is 0.400. The number of hydrogen-bond acceptors (Lipinski definition) is 3. The maximum atomic E-state index is 10.7. The van der Waals surface area contributed by atoms with Crippen LogP contribution in [0, 0.1) is 10.1 Å². The number of benzene rings is 1. The molecule has 1 rings (SSSR count). The van der Waals surface area contributed by atoms with E-state index in [1.54, 1.807) is 6.07 Å². The summed E-state index contributed by atoms with van der Waals surface area (Å²) in [4.78, 5) is 10.3. The van der Waals surface area contributed by atoms with E-state index < -0.39 is 4.92 Å². The highest BCUT2D eigenvalue weighted by atomic mass is 35.5. The zero-order chi connectivity index (χ0) is 11.4. The second-order valence-electron chi connectivity index (χ2n) is 3.55. The van der Waals surface area contributed by atoms with E-state index in [1.807, 2.05) is 6.92 Å². The van der Waals surface area contributed by atoms with Gasteiger partial charge in [-0.15, -0.1) is 0 Å². The van der Waals surface area contributed by atoms with Gasteiger partial charge in [0, 0.05) is 22.7 Å². The van der Waals surface area contributed by atoms with E-state index in [2.05, 4.69) is 0 Å². The third-order valence-electron chi connectivity index (χ3n) is 2.11. The SMILES string of the molecule is C[C@H](N)CCc1cc(Cl)ccc1[N+](=O)[O-]. The minimum atomic E-state index is -0.396. The van der Waals surface area contributed by atoms with E-state index in [9.17, 15) is 10.1 Å². The lowest BCUT2D eigenvalue weighted by molar-refractivity contribution is -0.385. The molecule has 0 aliphatic heterocycles. The van der Waals surface area contributed by atoms with Crippen LogP contribution in [0.1, 0.15) is 18.9 Å². The van der Waals surface area contributed by atoms with Gasteiger partial charge >= 0.3 is 0 Å². The van der Waals surface area contributed by atoms with E-state index in [1.165, 1.54) is 12.1 Å². The zero-order valence-corrected chi connectivity index (χ0v) is 9.20. The van der Waals surface area contributed by atoms with Crippen molar-refractivity contribution in [1.82, 2.24) is 0 Å². The first kappa shape index (κ1) is 11.9. The van der Waals surface area contributed by atoms with Crippen LogP contribution in [0.25, 0.3) is 0 Å². The minimum Gasteiger partial charge on any atom is -0.328 e. The quantitative estimate of drug-likeness (QED) is 0.636. The highest BCUT2D eigenvalue weighted by molar-refractivity contribution is 6.30. The normalized spacial score (nSPS) is 12.5. The average molecular weight is 229 g/mol. The van der Waals surface area contributed by atoms with Crippen molar-refractivity contribution in [3.05, 3.63) is 38.9 Å². The van der Waals surface area contributed by atoms with Gasteiger partial charge in [-0.05, 0) is 31.9 Å². The van der Waals surface area contributed by atoms with Gasteiger partial charge in [0.2, 0.25) is 0 Å². The molecule has 0 saturated heterocycles. The molecular weight excluding hydrogens is 216 g/mol. The Morgan fingerprint density at radius 3 is 2.80 bits per heavy atom. The van der Waals surface area contributed by atoms with Crippen molar-refractivity contribution in [1.29, 1.82) is 0 Å². The molecule has 0 aromatic heterocycles. The van der Waals surface area contributed by atoms with Crippen LogP contribution in [0.2, 0.25) is 5.02 Å². The van der Waals surface area contributed by atoms with Crippen LogP contribution in [0.5, 0.6) is 0 Å². The monoisotopic (exact) mass is 228 g/mol. The molecule has 82 valence electrons. The Balaban J connectivity index is 2.92. The smallest absolute Gasteiger partial charge is 0.272 e. The molecule has 1 aromatic rings. The molecule has 15 heavy (non-hydrogen) atoms. The topological polar surface area (TPSA) is 69.2 Å². The molecule has 5 heteroatoms. The van der Waals surface area contributed by atoms with E-state index in [-0.39, 0.29) is 11.7 Å². The lowest BCUT2D eigenvalue weighted by Gasteiger charge is -2.06. The second kappa shape index (κ2) is 5.09. The summed E-state index contributed by atoms with van der Waals surface area (Å²) in [6.45, 7) is 1.87. The fourth-order valence-corrected chi connectivity index (χ4v) is 1.51. The van der Waals surface area contributed by atoms with Gasteiger partial charge in [0.25, 0.3) is 5.69 Å². The van der Waals surface area contributed by atoms with Gasteiger partial charge in [-0.3, -0.25) is 10.1 Å². The maximum Gasteiger partial charge on any atom is 0.272 e. The van der Waals surface area contributed by atoms with Crippen molar-refractivity contribution < 1.29 is 4.92 Å². The first-order chi connectivity index (χ1) is 7.00. The van der Waals surface area contributed by atoms with Gasteiger partial charge in [-0.25, -0.2) is 0 Å². The van der Waals surface area contributed by atoms with Crippen molar-refractivity contribution >= 4 is 17.3 Å². The van der Waals surface area contributed by atoms with Gasteiger partial charge < -0.3 is 5.73 Å². The number of halogens is 1. The number of nitro benzene ring substituents is 1. The van der Waals surface area contributed by atoms with E-state index in [0.717, 1.165) is 0 Å². The first-order valence-electron chi connectivity index (χ1n) is 4.69. The summed E-state index contributed by atoms with van der Waals surface area (Å²) < 4.78 is 0. The molecule has 0 aliphatic rings. The fourth-order valence-electron chi connectivity index (χ4n) is 1.32. The van der Waals surface area contributed by atoms with Crippen molar-refractivity contribution in [2.24, 2.45) is 5.73 Å². The van der Waals surface area contributed by atoms with E-state index in [0.29, 0.717) is 23.4 Å². The molecule has 0 unspecified atom stereocenters. The van der Waals surface area contributed by atoms with Crippen LogP contribution >= 0.6 is 11.6 Å². The molecule has 0 spiro atoms. The van der Waals surface area contributed by atoms with Gasteiger partial charge in [-0.1, -0.05) is 11.6 Å². The van der Waals surface area contributed by atoms with Crippen LogP contribution in [0.15, 0.2) is 18.2 Å². The Hall–Kier alpha value is -1.13. The average Bonchev–Trinajstić information content (AvgIpc) is 2.14. The summed E-state index contributed by atoms with van der Waals surface area (Å²) in [5.74, 6) is 0. The van der Waals surface area contributed by atoms with Crippen LogP contribution in [0.4, 0.5) is 5.69 Å². The summed E-state index contributed by atoms with van der Waals surface area (Å²) >= 11 is 5.78. The highest BCUT2D eigenvalue weighted by Gasteiger charge is 2.13. The molecule has 1 atom stereocenters. The molecule has 1 aromatic carbocycles. The third-order valence-corrected chi connectivity index (χ3v) is 2.34. The lowest BCUT2D eigenvalue weighted by Crippen LogP contribution is -2.15. The van der Waals surface area contributed by atoms with Gasteiger partial charge in [0.1, 0.15) is 0 Å². The third kappa shape index (κ3) is 3.49. The molecule has 0 heterocycles. The summed E-state index contributed by atoms with van der Waals surface area (Å²) in [7, 11) is 0. The van der Waals surface area contributed by atoms with Crippen molar-refractivity contribution in [2.45, 2.75) is 25.8 Å². The summed E-state index contributed by atoms with van der Waals surface area (Å²) in [5.41, 5.74) is 6.36. The molecule has 0 radical (unpaired) electrons. The molecule has 0 amide bonds. The van der Waals surface area contributed by atoms with Crippen LogP contribution in [0.3, 0.4) is 0 Å². The summed E-state index contributed by atoms with van der Waals surface area (Å²) in [5, 5.41) is 11.2. The van der Waals surface area contributed by atoms with Crippen molar-refractivity contribution in [3.63, 3.8) is 0 Å². The largest absolute Gasteiger partial charge is 0.328 e. The molecule has 2 N–H and O–H groups in total. The van der Waals surface area contributed by atoms with Crippen LogP contribution in [-0.4, -0.2) is 11.0 Å². The molecule has 0 aliphatic carbocycles. The number of nitrogens with zero attached hydrogens (tertiary/aromatic N) is 1. The highest BCUT2D eigenvalue weighted by Crippen LogP contribution is 2.24. The van der Waals surface area contributed by atoms with E-state index in [4.69, 9.17) is 17.3 Å². The van der Waals surface area contributed by atoms with E-state index >= 15 is 0 Å². The zero-order valence-electron chi connectivity index (χ0n) is 8.44. The van der Waals surface area contributed by atoms with Gasteiger partial charge in [-0.2, -0.15) is 0 Å².